The molecule has 0 atom stereocenters. The molecular weight excluding hydrogens is 224 g/mol. The molecule has 0 aliphatic heterocycles. The van der Waals surface area contributed by atoms with Gasteiger partial charge in [-0.3, -0.25) is 9.67 Å². The second-order valence-corrected chi connectivity index (χ2v) is 4.50. The first-order chi connectivity index (χ1) is 8.74. The molecule has 0 fully saturated rings. The van der Waals surface area contributed by atoms with Crippen LogP contribution < -0.4 is 5.32 Å². The third-order valence-electron chi connectivity index (χ3n) is 2.89. The quantitative estimate of drug-likeness (QED) is 0.878. The van der Waals surface area contributed by atoms with E-state index in [1.54, 1.807) is 0 Å². The van der Waals surface area contributed by atoms with Gasteiger partial charge in [0.1, 0.15) is 0 Å². The van der Waals surface area contributed by atoms with Crippen molar-refractivity contribution < 1.29 is 0 Å². The molecule has 0 saturated heterocycles. The number of pyridine rings is 1. The normalized spacial score (nSPS) is 10.8. The monoisotopic (exact) mass is 244 g/mol. The Labute approximate surface area is 108 Å². The molecule has 2 aromatic rings. The number of aromatic nitrogens is 3. The molecule has 4 heteroatoms. The highest BCUT2D eigenvalue weighted by Gasteiger charge is 2.08. The molecule has 0 saturated carbocycles. The Morgan fingerprint density at radius 1 is 1.33 bits per heavy atom. The van der Waals surface area contributed by atoms with Crippen molar-refractivity contribution in [3.8, 4) is 11.1 Å². The van der Waals surface area contributed by atoms with Gasteiger partial charge >= 0.3 is 0 Å². The molecule has 1 N–H and O–H groups in total. The molecule has 2 heterocycles. The van der Waals surface area contributed by atoms with E-state index in [0.717, 1.165) is 30.8 Å². The van der Waals surface area contributed by atoms with E-state index in [4.69, 9.17) is 0 Å². The van der Waals surface area contributed by atoms with E-state index >= 15 is 0 Å². The molecule has 2 rings (SSSR count). The lowest BCUT2D eigenvalue weighted by molar-refractivity contribution is 0.598. The zero-order chi connectivity index (χ0) is 13.0. The molecule has 4 nitrogen and oxygen atoms in total. The summed E-state index contributed by atoms with van der Waals surface area (Å²) >= 11 is 0. The Morgan fingerprint density at radius 2 is 2.17 bits per heavy atom. The van der Waals surface area contributed by atoms with Crippen LogP contribution in [0, 0.1) is 6.92 Å². The van der Waals surface area contributed by atoms with Crippen molar-refractivity contribution in [2.75, 3.05) is 7.05 Å². The summed E-state index contributed by atoms with van der Waals surface area (Å²) in [5.74, 6) is 0. The van der Waals surface area contributed by atoms with Gasteiger partial charge in [0.05, 0.1) is 5.69 Å². The zero-order valence-electron chi connectivity index (χ0n) is 11.3. The molecule has 0 unspecified atom stereocenters. The fourth-order valence-electron chi connectivity index (χ4n) is 2.08. The number of rotatable bonds is 5. The summed E-state index contributed by atoms with van der Waals surface area (Å²) < 4.78 is 2.01. The number of nitrogens with one attached hydrogen (secondary N) is 1. The maximum Gasteiger partial charge on any atom is 0.0672 e. The van der Waals surface area contributed by atoms with Crippen molar-refractivity contribution in [1.29, 1.82) is 0 Å². The molecular formula is C14H20N4. The average Bonchev–Trinajstić information content (AvgIpc) is 2.72. The van der Waals surface area contributed by atoms with Gasteiger partial charge < -0.3 is 5.32 Å². The van der Waals surface area contributed by atoms with Gasteiger partial charge in [0.2, 0.25) is 0 Å². The van der Waals surface area contributed by atoms with Crippen molar-refractivity contribution in [3.63, 3.8) is 0 Å². The van der Waals surface area contributed by atoms with Gasteiger partial charge in [-0.05, 0) is 32.0 Å². The van der Waals surface area contributed by atoms with Gasteiger partial charge in [0.25, 0.3) is 0 Å². The predicted octanol–water partition coefficient (Wildman–Crippen LogP) is 2.38. The Bertz CT molecular complexity index is 516. The van der Waals surface area contributed by atoms with Crippen molar-refractivity contribution >= 4 is 0 Å². The highest BCUT2D eigenvalue weighted by molar-refractivity contribution is 5.64. The molecule has 18 heavy (non-hydrogen) atoms. The third kappa shape index (κ3) is 2.76. The van der Waals surface area contributed by atoms with Crippen LogP contribution in [-0.2, 0) is 13.1 Å². The van der Waals surface area contributed by atoms with Gasteiger partial charge in [-0.15, -0.1) is 0 Å². The predicted molar refractivity (Wildman–Crippen MR) is 73.2 cm³/mol. The van der Waals surface area contributed by atoms with E-state index in [2.05, 4.69) is 34.6 Å². The minimum Gasteiger partial charge on any atom is -0.316 e. The van der Waals surface area contributed by atoms with Crippen LogP contribution in [0.25, 0.3) is 11.1 Å². The highest BCUT2D eigenvalue weighted by Crippen LogP contribution is 2.22. The number of hydrogen-bond acceptors (Lipinski definition) is 3. The van der Waals surface area contributed by atoms with Gasteiger partial charge in [0.15, 0.2) is 0 Å². The average molecular weight is 244 g/mol. The molecule has 96 valence electrons. The lowest BCUT2D eigenvalue weighted by Crippen LogP contribution is -2.05. The van der Waals surface area contributed by atoms with Crippen molar-refractivity contribution in [2.24, 2.45) is 0 Å². The van der Waals surface area contributed by atoms with E-state index in [0.29, 0.717) is 0 Å². The largest absolute Gasteiger partial charge is 0.316 e. The van der Waals surface area contributed by atoms with Crippen LogP contribution in [-0.4, -0.2) is 21.8 Å². The topological polar surface area (TPSA) is 42.7 Å². The Kier molecular flexibility index (Phi) is 4.10. The van der Waals surface area contributed by atoms with Gasteiger partial charge in [-0.2, -0.15) is 5.10 Å². The highest BCUT2D eigenvalue weighted by atomic mass is 15.3. The van der Waals surface area contributed by atoms with E-state index in [-0.39, 0.29) is 0 Å². The molecule has 0 aromatic carbocycles. The molecule has 0 spiro atoms. The summed E-state index contributed by atoms with van der Waals surface area (Å²) in [6, 6.07) is 2.17. The van der Waals surface area contributed by atoms with E-state index in [1.807, 2.05) is 31.0 Å². The minimum atomic E-state index is 0.836. The van der Waals surface area contributed by atoms with Crippen LogP contribution in [0.2, 0.25) is 0 Å². The third-order valence-corrected chi connectivity index (χ3v) is 2.89. The standard InChI is InChI=1S/C14H20N4/c1-4-5-18-10-14(11(2)17-18)13-6-12(7-15-3)8-16-9-13/h6,8-10,15H,4-5,7H2,1-3H3. The van der Waals surface area contributed by atoms with Crippen LogP contribution in [0.15, 0.2) is 24.7 Å². The molecule has 0 aliphatic carbocycles. The van der Waals surface area contributed by atoms with Crippen LogP contribution in [0.5, 0.6) is 0 Å². The summed E-state index contributed by atoms with van der Waals surface area (Å²) in [6.45, 7) is 6.01. The van der Waals surface area contributed by atoms with Crippen LogP contribution in [0.1, 0.15) is 24.6 Å². The molecule has 0 aliphatic rings. The smallest absolute Gasteiger partial charge is 0.0672 e. The number of hydrogen-bond donors (Lipinski definition) is 1. The van der Waals surface area contributed by atoms with Crippen LogP contribution >= 0.6 is 0 Å². The lowest BCUT2D eigenvalue weighted by atomic mass is 10.1. The first-order valence-corrected chi connectivity index (χ1v) is 6.37. The molecule has 0 bridgehead atoms. The number of aryl methyl sites for hydroxylation is 2. The maximum absolute atomic E-state index is 4.53. The van der Waals surface area contributed by atoms with Gasteiger partial charge in [-0.25, -0.2) is 0 Å². The van der Waals surface area contributed by atoms with Crippen molar-refractivity contribution in [2.45, 2.75) is 33.4 Å². The first kappa shape index (κ1) is 12.8. The second-order valence-electron chi connectivity index (χ2n) is 4.50. The Balaban J connectivity index is 2.32. The summed E-state index contributed by atoms with van der Waals surface area (Å²) in [7, 11) is 1.94. The summed E-state index contributed by atoms with van der Waals surface area (Å²) in [4.78, 5) is 4.30. The number of nitrogens with zero attached hydrogens (tertiary/aromatic N) is 3. The van der Waals surface area contributed by atoms with E-state index in [9.17, 15) is 0 Å². The van der Waals surface area contributed by atoms with E-state index in [1.165, 1.54) is 11.1 Å². The van der Waals surface area contributed by atoms with Crippen LogP contribution in [0.4, 0.5) is 0 Å². The van der Waals surface area contributed by atoms with Crippen molar-refractivity contribution in [1.82, 2.24) is 20.1 Å². The molecule has 0 radical (unpaired) electrons. The van der Waals surface area contributed by atoms with Gasteiger partial charge in [-0.1, -0.05) is 6.92 Å². The summed E-state index contributed by atoms with van der Waals surface area (Å²) in [5, 5.41) is 7.67. The van der Waals surface area contributed by atoms with Crippen molar-refractivity contribution in [3.05, 3.63) is 35.9 Å². The second kappa shape index (κ2) is 5.78. The first-order valence-electron chi connectivity index (χ1n) is 6.37. The molecule has 0 amide bonds. The Morgan fingerprint density at radius 3 is 2.89 bits per heavy atom. The fraction of sp³-hybridized carbons (Fsp3) is 0.429. The van der Waals surface area contributed by atoms with E-state index < -0.39 is 0 Å². The lowest BCUT2D eigenvalue weighted by Gasteiger charge is -2.03. The maximum atomic E-state index is 4.53. The Hall–Kier alpha value is -1.68. The minimum absolute atomic E-state index is 0.836. The fourth-order valence-corrected chi connectivity index (χ4v) is 2.08. The summed E-state index contributed by atoms with van der Waals surface area (Å²) in [6.07, 6.45) is 7.00. The molecule has 2 aromatic heterocycles. The summed E-state index contributed by atoms with van der Waals surface area (Å²) in [5.41, 5.74) is 4.57. The van der Waals surface area contributed by atoms with Gasteiger partial charge in [0, 0.05) is 42.8 Å². The SMILES string of the molecule is CCCn1cc(-c2cncc(CNC)c2)c(C)n1. The van der Waals surface area contributed by atoms with Crippen LogP contribution in [0.3, 0.4) is 0 Å². The zero-order valence-corrected chi connectivity index (χ0v) is 11.3.